The van der Waals surface area contributed by atoms with E-state index in [2.05, 4.69) is 0 Å². The lowest BCUT2D eigenvalue weighted by Gasteiger charge is -2.27. The molecule has 1 rings (SSSR count). The average Bonchev–Trinajstić information content (AvgIpc) is 2.34. The van der Waals surface area contributed by atoms with E-state index in [0.29, 0.717) is 6.42 Å². The molecule has 5 nitrogen and oxygen atoms in total. The van der Waals surface area contributed by atoms with Gasteiger partial charge in [-0.2, -0.15) is 4.31 Å². The van der Waals surface area contributed by atoms with Gasteiger partial charge in [-0.1, -0.05) is 37.3 Å². The van der Waals surface area contributed by atoms with Crippen LogP contribution in [-0.4, -0.2) is 35.6 Å². The fraction of sp³-hybridized carbons (Fsp3) is 0.462. The van der Waals surface area contributed by atoms with Crippen molar-refractivity contribution >= 4 is 16.0 Å². The van der Waals surface area contributed by atoms with Gasteiger partial charge in [-0.15, -0.1) is 0 Å². The normalized spacial score (nSPS) is 13.4. The van der Waals surface area contributed by atoms with Crippen LogP contribution in [0.2, 0.25) is 0 Å². The molecule has 0 saturated carbocycles. The van der Waals surface area contributed by atoms with Crippen molar-refractivity contribution in [2.45, 2.75) is 32.9 Å². The summed E-state index contributed by atoms with van der Waals surface area (Å²) in [4.78, 5) is 10.7. The van der Waals surface area contributed by atoms with Gasteiger partial charge in [0.25, 0.3) is 0 Å². The van der Waals surface area contributed by atoms with E-state index in [0.717, 1.165) is 5.56 Å². The zero-order chi connectivity index (χ0) is 14.5. The number of hydrogen-bond acceptors (Lipinski definition) is 3. The van der Waals surface area contributed by atoms with Gasteiger partial charge in [0.2, 0.25) is 10.0 Å². The highest BCUT2D eigenvalue weighted by Gasteiger charge is 2.28. The fourth-order valence-electron chi connectivity index (χ4n) is 1.73. The van der Waals surface area contributed by atoms with Crippen LogP contribution in [0.3, 0.4) is 0 Å². The molecule has 1 aromatic carbocycles. The summed E-state index contributed by atoms with van der Waals surface area (Å²) in [7, 11) is -3.80. The number of carboxylic acids is 1. The zero-order valence-corrected chi connectivity index (χ0v) is 11.9. The smallest absolute Gasteiger partial charge is 0.320 e. The van der Waals surface area contributed by atoms with Gasteiger partial charge in [-0.25, -0.2) is 8.42 Å². The van der Waals surface area contributed by atoms with Crippen LogP contribution in [-0.2, 0) is 21.4 Å². The lowest BCUT2D eigenvalue weighted by Crippen LogP contribution is -2.40. The summed E-state index contributed by atoms with van der Waals surface area (Å²) in [6.07, 6.45) is 0.631. The minimum atomic E-state index is -3.80. The molecule has 6 heteroatoms. The quantitative estimate of drug-likeness (QED) is 0.827. The summed E-state index contributed by atoms with van der Waals surface area (Å²) in [5.41, 5.74) is 0.844. The Bertz CT molecular complexity index is 513. The highest BCUT2D eigenvalue weighted by molar-refractivity contribution is 7.89. The molecule has 0 aliphatic rings. The third-order valence-electron chi connectivity index (χ3n) is 2.93. The molecule has 106 valence electrons. The maximum absolute atomic E-state index is 12.1. The number of aliphatic carboxylic acids is 1. The summed E-state index contributed by atoms with van der Waals surface area (Å²) in [5.74, 6) is -2.20. The molecule has 19 heavy (non-hydrogen) atoms. The van der Waals surface area contributed by atoms with E-state index >= 15 is 0 Å². The Morgan fingerprint density at radius 3 is 2.37 bits per heavy atom. The van der Waals surface area contributed by atoms with Gasteiger partial charge in [0.05, 0.1) is 0 Å². The van der Waals surface area contributed by atoms with Gasteiger partial charge in [0.15, 0.2) is 5.75 Å². The first kappa shape index (κ1) is 15.7. The number of hydrogen-bond donors (Lipinski definition) is 1. The maximum Gasteiger partial charge on any atom is 0.320 e. The van der Waals surface area contributed by atoms with Crippen molar-refractivity contribution in [3.8, 4) is 0 Å². The average molecular weight is 285 g/mol. The minimum Gasteiger partial charge on any atom is -0.480 e. The highest BCUT2D eigenvalue weighted by Crippen LogP contribution is 2.15. The summed E-state index contributed by atoms with van der Waals surface area (Å²) in [6.45, 7) is 3.85. The fourth-order valence-corrected chi connectivity index (χ4v) is 3.26. The zero-order valence-electron chi connectivity index (χ0n) is 11.1. The van der Waals surface area contributed by atoms with Crippen molar-refractivity contribution in [3.63, 3.8) is 0 Å². The van der Waals surface area contributed by atoms with E-state index < -0.39 is 21.7 Å². The molecule has 0 radical (unpaired) electrons. The molecule has 0 saturated heterocycles. The Hall–Kier alpha value is -1.40. The van der Waals surface area contributed by atoms with Crippen molar-refractivity contribution in [2.24, 2.45) is 0 Å². The highest BCUT2D eigenvalue weighted by atomic mass is 32.2. The molecule has 1 aromatic rings. The molecule has 0 fully saturated rings. The van der Waals surface area contributed by atoms with Crippen LogP contribution in [0.1, 0.15) is 25.8 Å². The van der Waals surface area contributed by atoms with Gasteiger partial charge in [0, 0.05) is 12.6 Å². The largest absolute Gasteiger partial charge is 0.480 e. The van der Waals surface area contributed by atoms with E-state index in [1.54, 1.807) is 6.92 Å². The lowest BCUT2D eigenvalue weighted by molar-refractivity contribution is -0.134. The van der Waals surface area contributed by atoms with Gasteiger partial charge < -0.3 is 5.11 Å². The standard InChI is InChI=1S/C13H19NO4S/c1-3-11(2)14(19(17,18)10-13(15)16)9-12-7-5-4-6-8-12/h4-8,11H,3,9-10H2,1-2H3,(H,15,16). The summed E-state index contributed by atoms with van der Waals surface area (Å²) in [6, 6.07) is 8.92. The maximum atomic E-state index is 12.1. The van der Waals surface area contributed by atoms with Crippen molar-refractivity contribution in [3.05, 3.63) is 35.9 Å². The van der Waals surface area contributed by atoms with Crippen LogP contribution in [0.4, 0.5) is 0 Å². The molecule has 1 atom stereocenters. The molecule has 1 N–H and O–H groups in total. The lowest BCUT2D eigenvalue weighted by atomic mass is 10.2. The van der Waals surface area contributed by atoms with E-state index in [9.17, 15) is 13.2 Å². The minimum absolute atomic E-state index is 0.200. The van der Waals surface area contributed by atoms with Gasteiger partial charge in [0.1, 0.15) is 0 Å². The van der Waals surface area contributed by atoms with Crippen LogP contribution in [0.25, 0.3) is 0 Å². The van der Waals surface area contributed by atoms with Crippen molar-refractivity contribution < 1.29 is 18.3 Å². The molecule has 0 amide bonds. The van der Waals surface area contributed by atoms with Crippen LogP contribution >= 0.6 is 0 Å². The first-order chi connectivity index (χ1) is 8.86. The third kappa shape index (κ3) is 4.65. The third-order valence-corrected chi connectivity index (χ3v) is 4.74. The van der Waals surface area contributed by atoms with Gasteiger partial charge in [-0.3, -0.25) is 4.79 Å². The molecule has 0 bridgehead atoms. The molecule has 1 unspecified atom stereocenters. The predicted octanol–water partition coefficient (Wildman–Crippen LogP) is 1.70. The van der Waals surface area contributed by atoms with Crippen LogP contribution in [0.5, 0.6) is 0 Å². The monoisotopic (exact) mass is 285 g/mol. The second-order valence-corrected chi connectivity index (χ2v) is 6.36. The number of nitrogens with zero attached hydrogens (tertiary/aromatic N) is 1. The summed E-state index contributed by atoms with van der Waals surface area (Å²) >= 11 is 0. The van der Waals surface area contributed by atoms with Crippen LogP contribution in [0.15, 0.2) is 30.3 Å². The second kappa shape index (κ2) is 6.68. The van der Waals surface area contributed by atoms with Gasteiger partial charge >= 0.3 is 5.97 Å². The first-order valence-electron chi connectivity index (χ1n) is 6.12. The number of carbonyl (C=O) groups is 1. The van der Waals surface area contributed by atoms with Crippen molar-refractivity contribution in [2.75, 3.05) is 5.75 Å². The Kier molecular flexibility index (Phi) is 5.50. The van der Waals surface area contributed by atoms with Crippen LogP contribution in [0, 0.1) is 0 Å². The number of carboxylic acid groups (broad SMARTS) is 1. The predicted molar refractivity (Wildman–Crippen MR) is 73.2 cm³/mol. The molecule has 0 aliphatic heterocycles. The Morgan fingerprint density at radius 1 is 1.32 bits per heavy atom. The molecule has 0 heterocycles. The summed E-state index contributed by atoms with van der Waals surface area (Å²) < 4.78 is 25.4. The van der Waals surface area contributed by atoms with Crippen molar-refractivity contribution in [1.82, 2.24) is 4.31 Å². The molecular weight excluding hydrogens is 266 g/mol. The number of sulfonamides is 1. The van der Waals surface area contributed by atoms with Crippen molar-refractivity contribution in [1.29, 1.82) is 0 Å². The van der Waals surface area contributed by atoms with E-state index in [4.69, 9.17) is 5.11 Å². The molecular formula is C13H19NO4S. The first-order valence-corrected chi connectivity index (χ1v) is 7.73. The summed E-state index contributed by atoms with van der Waals surface area (Å²) in [5, 5.41) is 8.71. The number of rotatable bonds is 7. The molecule has 0 aromatic heterocycles. The molecule has 0 spiro atoms. The van der Waals surface area contributed by atoms with E-state index in [-0.39, 0.29) is 12.6 Å². The Balaban J connectivity index is 2.99. The second-order valence-electron chi connectivity index (χ2n) is 4.44. The molecule has 0 aliphatic carbocycles. The Morgan fingerprint density at radius 2 is 1.89 bits per heavy atom. The topological polar surface area (TPSA) is 74.7 Å². The van der Waals surface area contributed by atoms with Gasteiger partial charge in [-0.05, 0) is 18.9 Å². The number of benzene rings is 1. The van der Waals surface area contributed by atoms with E-state index in [1.165, 1.54) is 4.31 Å². The van der Waals surface area contributed by atoms with E-state index in [1.807, 2.05) is 37.3 Å². The SMILES string of the molecule is CCC(C)N(Cc1ccccc1)S(=O)(=O)CC(=O)O. The Labute approximate surface area is 113 Å². The van der Waals surface area contributed by atoms with Crippen LogP contribution < -0.4 is 0 Å².